The Bertz CT molecular complexity index is 2790. The summed E-state index contributed by atoms with van der Waals surface area (Å²) in [6.45, 7) is 0. The second kappa shape index (κ2) is 11.0. The maximum absolute atomic E-state index is 4.73. The number of benzene rings is 8. The lowest BCUT2D eigenvalue weighted by Gasteiger charge is -2.12. The van der Waals surface area contributed by atoms with Crippen LogP contribution in [0.3, 0.4) is 0 Å². The second-order valence-electron chi connectivity index (χ2n) is 12.6. The van der Waals surface area contributed by atoms with Crippen LogP contribution in [0, 0.1) is 0 Å². The van der Waals surface area contributed by atoms with Gasteiger partial charge < -0.3 is 4.57 Å². The maximum atomic E-state index is 4.73. The number of hydrogen-bond donors (Lipinski definition) is 0. The second-order valence-corrected chi connectivity index (χ2v) is 12.6. The Hall–Kier alpha value is -6.58. The average Bonchev–Trinajstić information content (AvgIpc) is 3.52. The van der Waals surface area contributed by atoms with Crippen molar-refractivity contribution in [1.29, 1.82) is 0 Å². The zero-order valence-corrected chi connectivity index (χ0v) is 26.6. The van der Waals surface area contributed by atoms with Crippen LogP contribution in [0.5, 0.6) is 0 Å². The standard InChI is InChI=1S/C46H29N3/c1-2-16-40-37(13-1)42-29-35(21-24-41(42)46-45(40)47-25-26-48-46)34-12-8-11-33(28-34)32-10-7-9-31(27-32)30-19-22-36(23-20-30)49-43-17-5-3-14-38(43)39-15-4-6-18-44(39)49/h1-29H. The molecule has 49 heavy (non-hydrogen) atoms. The van der Waals surface area contributed by atoms with Gasteiger partial charge >= 0.3 is 0 Å². The molecule has 0 N–H and O–H groups in total. The molecule has 0 saturated heterocycles. The van der Waals surface area contributed by atoms with Gasteiger partial charge in [0.25, 0.3) is 0 Å². The maximum Gasteiger partial charge on any atom is 0.0971 e. The van der Waals surface area contributed by atoms with E-state index in [9.17, 15) is 0 Å². The van der Waals surface area contributed by atoms with Crippen molar-refractivity contribution in [1.82, 2.24) is 14.5 Å². The van der Waals surface area contributed by atoms with Gasteiger partial charge in [0.05, 0.1) is 22.1 Å². The zero-order valence-electron chi connectivity index (χ0n) is 26.6. The van der Waals surface area contributed by atoms with E-state index in [1.165, 1.54) is 66.0 Å². The molecule has 0 bridgehead atoms. The van der Waals surface area contributed by atoms with E-state index in [0.717, 1.165) is 27.5 Å². The third kappa shape index (κ3) is 4.44. The minimum Gasteiger partial charge on any atom is -0.309 e. The number of fused-ring (bicyclic) bond motifs is 9. The summed E-state index contributed by atoms with van der Waals surface area (Å²) >= 11 is 0. The van der Waals surface area contributed by atoms with Crippen molar-refractivity contribution in [2.75, 3.05) is 0 Å². The summed E-state index contributed by atoms with van der Waals surface area (Å²) in [7, 11) is 0. The van der Waals surface area contributed by atoms with Crippen LogP contribution in [0.4, 0.5) is 0 Å². The van der Waals surface area contributed by atoms with Gasteiger partial charge in [-0.15, -0.1) is 0 Å². The van der Waals surface area contributed by atoms with Gasteiger partial charge in [-0.05, 0) is 86.6 Å². The molecule has 8 aromatic carbocycles. The first-order valence-electron chi connectivity index (χ1n) is 16.7. The van der Waals surface area contributed by atoms with Crippen molar-refractivity contribution >= 4 is 54.4 Å². The molecule has 2 aromatic heterocycles. The topological polar surface area (TPSA) is 30.7 Å². The van der Waals surface area contributed by atoms with Gasteiger partial charge in [-0.3, -0.25) is 9.97 Å². The van der Waals surface area contributed by atoms with Gasteiger partial charge in [0.15, 0.2) is 0 Å². The highest BCUT2D eigenvalue weighted by atomic mass is 15.0. The fraction of sp³-hybridized carbons (Fsp3) is 0. The van der Waals surface area contributed by atoms with Gasteiger partial charge in [-0.25, -0.2) is 0 Å². The molecular weight excluding hydrogens is 595 g/mol. The molecule has 0 amide bonds. The number of aromatic nitrogens is 3. The fourth-order valence-corrected chi connectivity index (χ4v) is 7.57. The lowest BCUT2D eigenvalue weighted by atomic mass is 9.93. The van der Waals surface area contributed by atoms with Crippen LogP contribution in [0.15, 0.2) is 176 Å². The van der Waals surface area contributed by atoms with Crippen LogP contribution in [-0.4, -0.2) is 14.5 Å². The Balaban J connectivity index is 1.02. The summed E-state index contributed by atoms with van der Waals surface area (Å²) in [5, 5.41) is 7.19. The summed E-state index contributed by atoms with van der Waals surface area (Å²) < 4.78 is 2.36. The number of hydrogen-bond acceptors (Lipinski definition) is 2. The van der Waals surface area contributed by atoms with E-state index in [0.29, 0.717) is 0 Å². The molecule has 0 radical (unpaired) electrons. The molecule has 0 saturated carbocycles. The minimum atomic E-state index is 0.941. The van der Waals surface area contributed by atoms with Gasteiger partial charge in [0.1, 0.15) is 0 Å². The van der Waals surface area contributed by atoms with E-state index in [1.54, 1.807) is 12.4 Å². The van der Waals surface area contributed by atoms with Gasteiger partial charge in [0, 0.05) is 39.6 Å². The van der Waals surface area contributed by atoms with E-state index in [-0.39, 0.29) is 0 Å². The molecule has 228 valence electrons. The van der Waals surface area contributed by atoms with Gasteiger partial charge in [0.2, 0.25) is 0 Å². The van der Waals surface area contributed by atoms with Crippen molar-refractivity contribution < 1.29 is 0 Å². The first-order chi connectivity index (χ1) is 24.3. The van der Waals surface area contributed by atoms with E-state index in [4.69, 9.17) is 4.98 Å². The molecule has 10 aromatic rings. The molecule has 0 aliphatic carbocycles. The molecule has 2 heterocycles. The molecule has 10 rings (SSSR count). The van der Waals surface area contributed by atoms with Crippen molar-refractivity contribution in [3.8, 4) is 39.1 Å². The van der Waals surface area contributed by atoms with Crippen LogP contribution in [0.25, 0.3) is 93.5 Å². The molecule has 0 aliphatic heterocycles. The minimum absolute atomic E-state index is 0.941. The highest BCUT2D eigenvalue weighted by molar-refractivity contribution is 6.23. The van der Waals surface area contributed by atoms with Crippen molar-refractivity contribution in [3.05, 3.63) is 176 Å². The molecule has 0 unspecified atom stereocenters. The Morgan fingerprint density at radius 1 is 0.306 bits per heavy atom. The molecule has 0 atom stereocenters. The van der Waals surface area contributed by atoms with E-state index in [2.05, 4.69) is 173 Å². The summed E-state index contributed by atoms with van der Waals surface area (Å²) in [4.78, 5) is 9.42. The average molecular weight is 624 g/mol. The fourth-order valence-electron chi connectivity index (χ4n) is 7.57. The summed E-state index contributed by atoms with van der Waals surface area (Å²) in [6.07, 6.45) is 3.56. The predicted octanol–water partition coefficient (Wildman–Crippen LogP) is 12.0. The zero-order chi connectivity index (χ0) is 32.3. The Labute approximate surface area is 283 Å². The third-order valence-corrected chi connectivity index (χ3v) is 9.88. The number of nitrogens with zero attached hydrogens (tertiary/aromatic N) is 3. The molecule has 0 aliphatic rings. The van der Waals surface area contributed by atoms with Crippen LogP contribution in [-0.2, 0) is 0 Å². The normalized spacial score (nSPS) is 11.7. The van der Waals surface area contributed by atoms with Gasteiger partial charge in [-0.1, -0.05) is 121 Å². The molecule has 0 spiro atoms. The van der Waals surface area contributed by atoms with Crippen LogP contribution in [0.2, 0.25) is 0 Å². The number of para-hydroxylation sites is 2. The summed E-state index contributed by atoms with van der Waals surface area (Å²) in [5.41, 5.74) is 12.6. The van der Waals surface area contributed by atoms with Crippen molar-refractivity contribution in [2.24, 2.45) is 0 Å². The van der Waals surface area contributed by atoms with Gasteiger partial charge in [-0.2, -0.15) is 0 Å². The lowest BCUT2D eigenvalue weighted by Crippen LogP contribution is -1.93. The predicted molar refractivity (Wildman–Crippen MR) is 205 cm³/mol. The Morgan fingerprint density at radius 2 is 0.755 bits per heavy atom. The van der Waals surface area contributed by atoms with E-state index < -0.39 is 0 Å². The van der Waals surface area contributed by atoms with Crippen LogP contribution >= 0.6 is 0 Å². The van der Waals surface area contributed by atoms with Crippen LogP contribution < -0.4 is 0 Å². The Kier molecular flexibility index (Phi) is 6.18. The van der Waals surface area contributed by atoms with E-state index in [1.807, 2.05) is 0 Å². The smallest absolute Gasteiger partial charge is 0.0971 e. The van der Waals surface area contributed by atoms with Crippen molar-refractivity contribution in [2.45, 2.75) is 0 Å². The quantitative estimate of drug-likeness (QED) is 0.183. The molecule has 3 heteroatoms. The highest BCUT2D eigenvalue weighted by Gasteiger charge is 2.13. The summed E-state index contributed by atoms with van der Waals surface area (Å²) in [5.74, 6) is 0. The van der Waals surface area contributed by atoms with E-state index >= 15 is 0 Å². The largest absolute Gasteiger partial charge is 0.309 e. The molecular formula is C46H29N3. The molecule has 0 fully saturated rings. The van der Waals surface area contributed by atoms with Crippen molar-refractivity contribution in [3.63, 3.8) is 0 Å². The number of rotatable bonds is 4. The SMILES string of the molecule is c1cc(-c2ccc(-n3c4ccccc4c4ccccc43)cc2)cc(-c2cccc(-c3ccc4c(c3)c3ccccc3c3nccnc43)c2)c1. The Morgan fingerprint density at radius 3 is 1.35 bits per heavy atom. The monoisotopic (exact) mass is 623 g/mol. The third-order valence-electron chi connectivity index (χ3n) is 9.88. The highest BCUT2D eigenvalue weighted by Crippen LogP contribution is 2.37. The molecule has 3 nitrogen and oxygen atoms in total. The first kappa shape index (κ1) is 27.5. The first-order valence-corrected chi connectivity index (χ1v) is 16.7. The van der Waals surface area contributed by atoms with Crippen LogP contribution in [0.1, 0.15) is 0 Å². The lowest BCUT2D eigenvalue weighted by molar-refractivity contribution is 1.18. The summed E-state index contributed by atoms with van der Waals surface area (Å²) in [6, 6.07) is 59.2.